The highest BCUT2D eigenvalue weighted by molar-refractivity contribution is 7.14. The van der Waals surface area contributed by atoms with Gasteiger partial charge in [0.2, 0.25) is 5.95 Å². The Labute approximate surface area is 204 Å². The normalized spacial score (nSPS) is 16.7. The minimum Gasteiger partial charge on any atom is -0.336 e. The molecule has 0 bridgehead atoms. The molecule has 8 nitrogen and oxygen atoms in total. The number of carbonyl (C=O) groups excluding carboxylic acids is 2. The van der Waals surface area contributed by atoms with Crippen LogP contribution in [-0.4, -0.2) is 44.9 Å². The maximum Gasteiger partial charge on any atom is 0.272 e. The first-order chi connectivity index (χ1) is 16.6. The number of anilines is 1. The van der Waals surface area contributed by atoms with E-state index in [1.54, 1.807) is 24.8 Å². The number of hydrogen-bond acceptors (Lipinski definition) is 6. The van der Waals surface area contributed by atoms with E-state index in [0.29, 0.717) is 25.0 Å². The smallest absolute Gasteiger partial charge is 0.272 e. The van der Waals surface area contributed by atoms with Crippen LogP contribution < -0.4 is 11.1 Å². The first-order valence-electron chi connectivity index (χ1n) is 10.9. The van der Waals surface area contributed by atoms with Crippen LogP contribution >= 0.6 is 11.3 Å². The van der Waals surface area contributed by atoms with E-state index < -0.39 is 23.8 Å². The second kappa shape index (κ2) is 9.56. The molecule has 1 unspecified atom stereocenters. The zero-order valence-electron chi connectivity index (χ0n) is 19.2. The lowest BCUT2D eigenvalue weighted by Gasteiger charge is -2.20. The zero-order valence-corrected chi connectivity index (χ0v) is 20.0. The van der Waals surface area contributed by atoms with Crippen molar-refractivity contribution in [3.05, 3.63) is 57.8 Å². The van der Waals surface area contributed by atoms with Gasteiger partial charge in [0.1, 0.15) is 11.6 Å². The average molecular weight is 499 g/mol. The molecule has 2 aromatic heterocycles. The molecule has 1 saturated heterocycles. The first-order valence-corrected chi connectivity index (χ1v) is 11.8. The van der Waals surface area contributed by atoms with E-state index in [1.165, 1.54) is 18.2 Å². The fourth-order valence-corrected chi connectivity index (χ4v) is 4.84. The molecule has 4 rings (SSSR count). The third-order valence-corrected chi connectivity index (χ3v) is 6.66. The number of amides is 2. The molecule has 0 spiro atoms. The Morgan fingerprint density at radius 1 is 1.31 bits per heavy atom. The molecule has 1 fully saturated rings. The third kappa shape index (κ3) is 5.23. The molecule has 0 aliphatic carbocycles. The number of hydrogen-bond donors (Lipinski definition) is 2. The third-order valence-electron chi connectivity index (χ3n) is 5.57. The van der Waals surface area contributed by atoms with Gasteiger partial charge in [0.05, 0.1) is 26.8 Å². The molecule has 2 amide bonds. The summed E-state index contributed by atoms with van der Waals surface area (Å²) >= 11 is 0.729. The van der Waals surface area contributed by atoms with Crippen molar-refractivity contribution in [1.29, 1.82) is 5.26 Å². The molecule has 1 aromatic carbocycles. The number of carbonyl (C=O) groups is 2. The maximum absolute atomic E-state index is 13.0. The van der Waals surface area contributed by atoms with Gasteiger partial charge in [-0.05, 0) is 50.6 Å². The maximum atomic E-state index is 13.0. The summed E-state index contributed by atoms with van der Waals surface area (Å²) in [5.41, 5.74) is 6.53. The molecule has 182 valence electrons. The Kier molecular flexibility index (Phi) is 6.69. The molecular weight excluding hydrogens is 474 g/mol. The molecule has 11 heteroatoms. The predicted octanol–water partition coefficient (Wildman–Crippen LogP) is 4.25. The van der Waals surface area contributed by atoms with Gasteiger partial charge in [-0.15, -0.1) is 11.3 Å². The number of fused-ring (bicyclic) bond motifs is 1. The van der Waals surface area contributed by atoms with Gasteiger partial charge < -0.3 is 15.2 Å². The highest BCUT2D eigenvalue weighted by Gasteiger charge is 2.32. The van der Waals surface area contributed by atoms with E-state index >= 15 is 0 Å². The van der Waals surface area contributed by atoms with Crippen molar-refractivity contribution in [2.75, 3.05) is 18.4 Å². The lowest BCUT2D eigenvalue weighted by Crippen LogP contribution is -2.34. The van der Waals surface area contributed by atoms with E-state index in [-0.39, 0.29) is 27.3 Å². The molecule has 1 atom stereocenters. The molecule has 0 radical (unpaired) electrons. The van der Waals surface area contributed by atoms with Gasteiger partial charge in [0.15, 0.2) is 0 Å². The SMILES string of the molecule is CC(C)(N)C=C(C#N)C(=O)N1CCC(n2c(NC(=O)c3ccc(C(F)F)s3)nc3ccccc32)C1. The summed E-state index contributed by atoms with van der Waals surface area (Å²) in [6.45, 7) is 4.13. The second-order valence-corrected chi connectivity index (χ2v) is 10.1. The number of likely N-dealkylation sites (tertiary alicyclic amines) is 1. The van der Waals surface area contributed by atoms with E-state index in [4.69, 9.17) is 5.73 Å². The topological polar surface area (TPSA) is 117 Å². The van der Waals surface area contributed by atoms with Crippen molar-refractivity contribution in [3.63, 3.8) is 0 Å². The summed E-state index contributed by atoms with van der Waals surface area (Å²) in [6.07, 6.45) is -0.616. The number of nitrogens with one attached hydrogen (secondary N) is 1. The lowest BCUT2D eigenvalue weighted by molar-refractivity contribution is -0.125. The van der Waals surface area contributed by atoms with Crippen LogP contribution in [0.5, 0.6) is 0 Å². The Bertz CT molecular complexity index is 1350. The van der Waals surface area contributed by atoms with Crippen molar-refractivity contribution in [1.82, 2.24) is 14.5 Å². The Morgan fingerprint density at radius 2 is 2.06 bits per heavy atom. The molecule has 3 heterocycles. The number of nitriles is 1. The number of imidazole rings is 1. The number of rotatable bonds is 6. The summed E-state index contributed by atoms with van der Waals surface area (Å²) in [7, 11) is 0. The van der Waals surface area contributed by atoms with Crippen LogP contribution in [0.3, 0.4) is 0 Å². The predicted molar refractivity (Wildman–Crippen MR) is 129 cm³/mol. The van der Waals surface area contributed by atoms with Crippen LogP contribution in [0.2, 0.25) is 0 Å². The summed E-state index contributed by atoms with van der Waals surface area (Å²) in [5, 5.41) is 12.2. The van der Waals surface area contributed by atoms with Gasteiger partial charge in [-0.3, -0.25) is 14.9 Å². The molecule has 1 aliphatic rings. The number of nitrogens with two attached hydrogens (primary N) is 1. The van der Waals surface area contributed by atoms with Gasteiger partial charge in [0, 0.05) is 18.6 Å². The van der Waals surface area contributed by atoms with E-state index in [0.717, 1.165) is 16.9 Å². The molecule has 35 heavy (non-hydrogen) atoms. The van der Waals surface area contributed by atoms with Gasteiger partial charge in [0.25, 0.3) is 18.2 Å². The van der Waals surface area contributed by atoms with E-state index in [2.05, 4.69) is 10.3 Å². The number of nitrogens with zero attached hydrogens (tertiary/aromatic N) is 4. The van der Waals surface area contributed by atoms with Crippen LogP contribution in [-0.2, 0) is 4.79 Å². The highest BCUT2D eigenvalue weighted by Crippen LogP contribution is 2.32. The van der Waals surface area contributed by atoms with Gasteiger partial charge in [-0.2, -0.15) is 5.26 Å². The monoisotopic (exact) mass is 498 g/mol. The van der Waals surface area contributed by atoms with Crippen LogP contribution in [0, 0.1) is 11.3 Å². The fourth-order valence-electron chi connectivity index (χ4n) is 4.08. The quantitative estimate of drug-likeness (QED) is 0.389. The van der Waals surface area contributed by atoms with Crippen molar-refractivity contribution in [2.45, 2.75) is 38.3 Å². The van der Waals surface area contributed by atoms with Gasteiger partial charge in [-0.1, -0.05) is 12.1 Å². The zero-order chi connectivity index (χ0) is 25.3. The molecule has 0 saturated carbocycles. The number of thiophene rings is 1. The van der Waals surface area contributed by atoms with Crippen LogP contribution in [0.1, 0.15) is 47.3 Å². The minimum atomic E-state index is -2.65. The molecule has 3 N–H and O–H groups in total. The number of alkyl halides is 2. The Hall–Kier alpha value is -3.62. The van der Waals surface area contributed by atoms with Gasteiger partial charge in [-0.25, -0.2) is 13.8 Å². The lowest BCUT2D eigenvalue weighted by atomic mass is 10.0. The average Bonchev–Trinajstić information content (AvgIpc) is 3.54. The van der Waals surface area contributed by atoms with Crippen molar-refractivity contribution >= 4 is 40.1 Å². The van der Waals surface area contributed by atoms with E-state index in [9.17, 15) is 23.6 Å². The second-order valence-electron chi connectivity index (χ2n) is 8.94. The van der Waals surface area contributed by atoms with Crippen LogP contribution in [0.4, 0.5) is 14.7 Å². The van der Waals surface area contributed by atoms with Crippen molar-refractivity contribution < 1.29 is 18.4 Å². The van der Waals surface area contributed by atoms with Crippen molar-refractivity contribution in [2.24, 2.45) is 5.73 Å². The molecular formula is C24H24F2N6O2S. The van der Waals surface area contributed by atoms with Crippen molar-refractivity contribution in [3.8, 4) is 6.07 Å². The summed E-state index contributed by atoms with van der Waals surface area (Å²) < 4.78 is 27.8. The standard InChI is InChI=1S/C24H24F2N6O2S/c1-24(2,28)11-14(12-27)22(34)31-10-9-15(13-31)32-17-6-4-3-5-16(17)29-23(32)30-21(33)19-8-7-18(35-19)20(25)26/h3-8,11,15,20H,9-10,13,28H2,1-2H3,(H,29,30,33). The summed E-state index contributed by atoms with van der Waals surface area (Å²) in [5.74, 6) is -0.674. The van der Waals surface area contributed by atoms with Crippen LogP contribution in [0.25, 0.3) is 11.0 Å². The van der Waals surface area contributed by atoms with Gasteiger partial charge >= 0.3 is 0 Å². The fraction of sp³-hybridized carbons (Fsp3) is 0.333. The number of halogens is 2. The minimum absolute atomic E-state index is 0.0188. The molecule has 1 aliphatic heterocycles. The summed E-state index contributed by atoms with van der Waals surface area (Å²) in [6, 6.07) is 11.7. The number of aromatic nitrogens is 2. The Balaban J connectivity index is 1.61. The number of para-hydroxylation sites is 2. The number of benzene rings is 1. The highest BCUT2D eigenvalue weighted by atomic mass is 32.1. The Morgan fingerprint density at radius 3 is 2.71 bits per heavy atom. The van der Waals surface area contributed by atoms with Crippen LogP contribution in [0.15, 0.2) is 48.0 Å². The van der Waals surface area contributed by atoms with E-state index in [1.807, 2.05) is 28.8 Å². The largest absolute Gasteiger partial charge is 0.336 e. The molecule has 3 aromatic rings. The summed E-state index contributed by atoms with van der Waals surface area (Å²) in [4.78, 5) is 31.9. The first kappa shape index (κ1) is 24.5.